The van der Waals surface area contributed by atoms with Gasteiger partial charge in [-0.3, -0.25) is 9.69 Å². The van der Waals surface area contributed by atoms with Gasteiger partial charge in [-0.25, -0.2) is 4.79 Å². The van der Waals surface area contributed by atoms with E-state index in [9.17, 15) is 9.59 Å². The van der Waals surface area contributed by atoms with Gasteiger partial charge >= 0.3 is 6.03 Å². The van der Waals surface area contributed by atoms with Crippen LogP contribution in [0.5, 0.6) is 17.2 Å². The van der Waals surface area contributed by atoms with Gasteiger partial charge in [-0.2, -0.15) is 0 Å². The summed E-state index contributed by atoms with van der Waals surface area (Å²) in [6, 6.07) is 3.22. The van der Waals surface area contributed by atoms with Crippen LogP contribution in [0.2, 0.25) is 0 Å². The molecule has 0 saturated carbocycles. The molecule has 10 heteroatoms. The third kappa shape index (κ3) is 7.13. The second kappa shape index (κ2) is 12.5. The van der Waals surface area contributed by atoms with E-state index in [0.717, 1.165) is 45.7 Å². The Morgan fingerprint density at radius 3 is 2.21 bits per heavy atom. The monoisotopic (exact) mass is 464 g/mol. The number of methoxy groups -OCH3 is 3. The quantitative estimate of drug-likeness (QED) is 0.575. The standard InChI is InChI=1S/C23H36N4O6/c1-30-19-15-18(16-20(31-2)22(19)32-3)25-23(29)27-7-4-17(5-8-27)14-21(28)24-6-9-26-10-12-33-13-11-26/h15-17H,4-14H2,1-3H3,(H,24,28)(H,25,29). The summed E-state index contributed by atoms with van der Waals surface area (Å²) in [5.41, 5.74) is 0.566. The number of ether oxygens (including phenoxy) is 4. The Bertz CT molecular complexity index is 766. The molecule has 3 amide bonds. The van der Waals surface area contributed by atoms with Gasteiger partial charge < -0.3 is 34.5 Å². The Kier molecular flexibility index (Phi) is 9.44. The molecule has 10 nitrogen and oxygen atoms in total. The second-order valence-electron chi connectivity index (χ2n) is 8.28. The van der Waals surface area contributed by atoms with Gasteiger partial charge in [-0.05, 0) is 18.8 Å². The summed E-state index contributed by atoms with van der Waals surface area (Å²) in [5, 5.41) is 5.93. The molecule has 2 saturated heterocycles. The number of hydrogen-bond acceptors (Lipinski definition) is 7. The van der Waals surface area contributed by atoms with Gasteiger partial charge in [0.25, 0.3) is 0 Å². The molecule has 0 unspecified atom stereocenters. The maximum atomic E-state index is 12.8. The van der Waals surface area contributed by atoms with Crippen molar-refractivity contribution in [1.29, 1.82) is 0 Å². The van der Waals surface area contributed by atoms with Crippen LogP contribution >= 0.6 is 0 Å². The lowest BCUT2D eigenvalue weighted by Gasteiger charge is -2.32. The zero-order valence-corrected chi connectivity index (χ0v) is 19.9. The van der Waals surface area contributed by atoms with E-state index >= 15 is 0 Å². The third-order valence-electron chi connectivity index (χ3n) is 6.15. The predicted molar refractivity (Wildman–Crippen MR) is 124 cm³/mol. The van der Waals surface area contributed by atoms with Gasteiger partial charge in [0, 0.05) is 57.8 Å². The van der Waals surface area contributed by atoms with Crippen molar-refractivity contribution in [2.45, 2.75) is 19.3 Å². The summed E-state index contributed by atoms with van der Waals surface area (Å²) in [5.74, 6) is 1.81. The highest BCUT2D eigenvalue weighted by Gasteiger charge is 2.25. The average molecular weight is 465 g/mol. The van der Waals surface area contributed by atoms with Crippen LogP contribution in [0.25, 0.3) is 0 Å². The Balaban J connectivity index is 1.41. The maximum Gasteiger partial charge on any atom is 0.321 e. The number of nitrogens with zero attached hydrogens (tertiary/aromatic N) is 2. The summed E-state index contributed by atoms with van der Waals surface area (Å²) < 4.78 is 21.3. The number of piperidine rings is 1. The fourth-order valence-corrected chi connectivity index (χ4v) is 4.21. The van der Waals surface area contributed by atoms with Crippen molar-refractivity contribution < 1.29 is 28.5 Å². The molecule has 1 aromatic rings. The highest BCUT2D eigenvalue weighted by molar-refractivity contribution is 5.90. The molecule has 0 radical (unpaired) electrons. The molecule has 0 spiro atoms. The minimum absolute atomic E-state index is 0.0867. The predicted octanol–water partition coefficient (Wildman–Crippen LogP) is 1.79. The van der Waals surface area contributed by atoms with Crippen molar-refractivity contribution >= 4 is 17.6 Å². The van der Waals surface area contributed by atoms with Gasteiger partial charge in [0.1, 0.15) is 0 Å². The molecular formula is C23H36N4O6. The van der Waals surface area contributed by atoms with Crippen molar-refractivity contribution in [3.8, 4) is 17.2 Å². The number of morpholine rings is 1. The van der Waals surface area contributed by atoms with E-state index in [2.05, 4.69) is 15.5 Å². The van der Waals surface area contributed by atoms with Crippen molar-refractivity contribution in [2.24, 2.45) is 5.92 Å². The first-order valence-corrected chi connectivity index (χ1v) is 11.5. The summed E-state index contributed by atoms with van der Waals surface area (Å²) in [6.45, 7) is 6.12. The van der Waals surface area contributed by atoms with Crippen LogP contribution < -0.4 is 24.8 Å². The van der Waals surface area contributed by atoms with Gasteiger partial charge in [0.05, 0.1) is 40.2 Å². The number of hydrogen-bond donors (Lipinski definition) is 2. The molecule has 2 fully saturated rings. The van der Waals surface area contributed by atoms with E-state index in [1.807, 2.05) is 0 Å². The third-order valence-corrected chi connectivity index (χ3v) is 6.15. The summed E-state index contributed by atoms with van der Waals surface area (Å²) in [7, 11) is 4.60. The minimum atomic E-state index is -0.183. The van der Waals surface area contributed by atoms with Gasteiger partial charge in [-0.15, -0.1) is 0 Å². The molecule has 33 heavy (non-hydrogen) atoms. The number of carbonyl (C=O) groups is 2. The first-order chi connectivity index (χ1) is 16.0. The zero-order valence-electron chi connectivity index (χ0n) is 19.9. The Morgan fingerprint density at radius 1 is 1.00 bits per heavy atom. The van der Waals surface area contributed by atoms with E-state index in [0.29, 0.717) is 54.9 Å². The fraction of sp³-hybridized carbons (Fsp3) is 0.652. The Labute approximate surface area is 195 Å². The number of carbonyl (C=O) groups excluding carboxylic acids is 2. The summed E-state index contributed by atoms with van der Waals surface area (Å²) in [4.78, 5) is 29.1. The Morgan fingerprint density at radius 2 is 1.64 bits per heavy atom. The first kappa shape index (κ1) is 24.9. The van der Waals surface area contributed by atoms with Crippen LogP contribution in [-0.2, 0) is 9.53 Å². The topological polar surface area (TPSA) is 102 Å². The van der Waals surface area contributed by atoms with Crippen LogP contribution in [0.3, 0.4) is 0 Å². The number of amides is 3. The largest absolute Gasteiger partial charge is 0.493 e. The first-order valence-electron chi connectivity index (χ1n) is 11.5. The van der Waals surface area contributed by atoms with Crippen molar-refractivity contribution in [3.63, 3.8) is 0 Å². The minimum Gasteiger partial charge on any atom is -0.493 e. The smallest absolute Gasteiger partial charge is 0.321 e. The molecule has 1 aromatic carbocycles. The highest BCUT2D eigenvalue weighted by Crippen LogP contribution is 2.40. The number of benzene rings is 1. The SMILES string of the molecule is COc1cc(NC(=O)N2CCC(CC(=O)NCCN3CCOCC3)CC2)cc(OC)c1OC. The van der Waals surface area contributed by atoms with Crippen LogP contribution in [-0.4, -0.2) is 95.5 Å². The Hall–Kier alpha value is -2.72. The maximum absolute atomic E-state index is 12.8. The van der Waals surface area contributed by atoms with E-state index in [1.54, 1.807) is 17.0 Å². The average Bonchev–Trinajstić information content (AvgIpc) is 2.84. The van der Waals surface area contributed by atoms with E-state index in [-0.39, 0.29) is 11.9 Å². The molecule has 0 atom stereocenters. The molecule has 0 bridgehead atoms. The normalized spacial score (nSPS) is 17.4. The highest BCUT2D eigenvalue weighted by atomic mass is 16.5. The van der Waals surface area contributed by atoms with Crippen molar-refractivity contribution in [2.75, 3.05) is 79.1 Å². The van der Waals surface area contributed by atoms with Crippen LogP contribution in [0, 0.1) is 5.92 Å². The van der Waals surface area contributed by atoms with Crippen LogP contribution in [0.4, 0.5) is 10.5 Å². The van der Waals surface area contributed by atoms with Crippen molar-refractivity contribution in [1.82, 2.24) is 15.1 Å². The van der Waals surface area contributed by atoms with Gasteiger partial charge in [0.15, 0.2) is 11.5 Å². The van der Waals surface area contributed by atoms with Crippen LogP contribution in [0.1, 0.15) is 19.3 Å². The number of likely N-dealkylation sites (tertiary alicyclic amines) is 1. The number of nitrogens with one attached hydrogen (secondary N) is 2. The molecule has 2 aliphatic rings. The van der Waals surface area contributed by atoms with Crippen LogP contribution in [0.15, 0.2) is 12.1 Å². The second-order valence-corrected chi connectivity index (χ2v) is 8.28. The lowest BCUT2D eigenvalue weighted by atomic mass is 9.93. The molecule has 2 N–H and O–H groups in total. The van der Waals surface area contributed by atoms with E-state index < -0.39 is 0 Å². The van der Waals surface area contributed by atoms with Gasteiger partial charge in [-0.1, -0.05) is 0 Å². The summed E-state index contributed by atoms with van der Waals surface area (Å²) >= 11 is 0. The molecule has 0 aliphatic carbocycles. The number of urea groups is 1. The molecule has 3 rings (SSSR count). The zero-order chi connectivity index (χ0) is 23.6. The number of rotatable bonds is 9. The fourth-order valence-electron chi connectivity index (χ4n) is 4.21. The lowest BCUT2D eigenvalue weighted by molar-refractivity contribution is -0.122. The number of anilines is 1. The molecule has 0 aromatic heterocycles. The van der Waals surface area contributed by atoms with Crippen molar-refractivity contribution in [3.05, 3.63) is 12.1 Å². The van der Waals surface area contributed by atoms with E-state index in [1.165, 1.54) is 21.3 Å². The van der Waals surface area contributed by atoms with E-state index in [4.69, 9.17) is 18.9 Å². The molecule has 2 heterocycles. The summed E-state index contributed by atoms with van der Waals surface area (Å²) in [6.07, 6.45) is 2.12. The molecule has 184 valence electrons. The van der Waals surface area contributed by atoms with Gasteiger partial charge in [0.2, 0.25) is 11.7 Å². The molecular weight excluding hydrogens is 428 g/mol. The molecule has 2 aliphatic heterocycles. The lowest BCUT2D eigenvalue weighted by Crippen LogP contribution is -2.43.